The molecule has 0 saturated heterocycles. The fourth-order valence-corrected chi connectivity index (χ4v) is 1.30. The number of ether oxygens (including phenoxy) is 1. The fourth-order valence-electron chi connectivity index (χ4n) is 1.12. The van der Waals surface area contributed by atoms with Crippen LogP contribution in [0.25, 0.3) is 0 Å². The first-order chi connectivity index (χ1) is 8.10. The van der Waals surface area contributed by atoms with Crippen LogP contribution in [-0.2, 0) is 9.53 Å². The van der Waals surface area contributed by atoms with Crippen LogP contribution in [0.1, 0.15) is 24.2 Å². The number of halogens is 1. The lowest BCUT2D eigenvalue weighted by molar-refractivity contribution is -0.143. The quantitative estimate of drug-likeness (QED) is 0.487. The third-order valence-corrected chi connectivity index (χ3v) is 2.25. The SMILES string of the molecule is CCOC(=O)C(C)Nc1ncnc(Cl)c1C=O. The third kappa shape index (κ3) is 3.39. The summed E-state index contributed by atoms with van der Waals surface area (Å²) in [5.41, 5.74) is 0.116. The average Bonchev–Trinajstić information content (AvgIpc) is 2.29. The molecule has 6 nitrogen and oxygen atoms in total. The van der Waals surface area contributed by atoms with Gasteiger partial charge in [-0.15, -0.1) is 0 Å². The number of anilines is 1. The van der Waals surface area contributed by atoms with Crippen LogP contribution < -0.4 is 5.32 Å². The smallest absolute Gasteiger partial charge is 0.328 e. The molecule has 1 aromatic rings. The molecule has 0 bridgehead atoms. The summed E-state index contributed by atoms with van der Waals surface area (Å²) in [6.45, 7) is 3.60. The van der Waals surface area contributed by atoms with Gasteiger partial charge in [-0.3, -0.25) is 4.79 Å². The van der Waals surface area contributed by atoms with Crippen molar-refractivity contribution < 1.29 is 14.3 Å². The number of carbonyl (C=O) groups excluding carboxylic acids is 2. The van der Waals surface area contributed by atoms with Crippen molar-refractivity contribution in [1.82, 2.24) is 9.97 Å². The summed E-state index contributed by atoms with van der Waals surface area (Å²) in [5, 5.41) is 2.78. The van der Waals surface area contributed by atoms with Gasteiger partial charge in [0.2, 0.25) is 0 Å². The molecule has 0 fully saturated rings. The molecular formula is C10H12ClN3O3. The van der Waals surface area contributed by atoms with Crippen molar-refractivity contribution in [3.63, 3.8) is 0 Å². The summed E-state index contributed by atoms with van der Waals surface area (Å²) in [6, 6.07) is -0.625. The Labute approximate surface area is 103 Å². The minimum Gasteiger partial charge on any atom is -0.464 e. The Morgan fingerprint density at radius 1 is 1.65 bits per heavy atom. The molecule has 7 heteroatoms. The second-order valence-electron chi connectivity index (χ2n) is 3.16. The first-order valence-corrected chi connectivity index (χ1v) is 5.36. The monoisotopic (exact) mass is 257 g/mol. The molecule has 0 aliphatic heterocycles. The van der Waals surface area contributed by atoms with Gasteiger partial charge in [-0.1, -0.05) is 11.6 Å². The van der Waals surface area contributed by atoms with E-state index in [0.717, 1.165) is 0 Å². The van der Waals surface area contributed by atoms with Gasteiger partial charge in [-0.25, -0.2) is 14.8 Å². The highest BCUT2D eigenvalue weighted by Crippen LogP contribution is 2.17. The Bertz CT molecular complexity index is 425. The number of hydrogen-bond acceptors (Lipinski definition) is 6. The minimum absolute atomic E-state index is 0.0357. The number of nitrogens with one attached hydrogen (secondary N) is 1. The summed E-state index contributed by atoms with van der Waals surface area (Å²) in [4.78, 5) is 29.7. The molecule has 0 radical (unpaired) electrons. The van der Waals surface area contributed by atoms with E-state index < -0.39 is 12.0 Å². The topological polar surface area (TPSA) is 81.2 Å². The zero-order valence-corrected chi connectivity index (χ0v) is 10.2. The van der Waals surface area contributed by atoms with Crippen molar-refractivity contribution in [2.75, 3.05) is 11.9 Å². The van der Waals surface area contributed by atoms with E-state index in [1.54, 1.807) is 13.8 Å². The third-order valence-electron chi connectivity index (χ3n) is 1.95. The summed E-state index contributed by atoms with van der Waals surface area (Å²) >= 11 is 5.72. The van der Waals surface area contributed by atoms with Gasteiger partial charge >= 0.3 is 5.97 Å². The second kappa shape index (κ2) is 6.15. The average molecular weight is 258 g/mol. The van der Waals surface area contributed by atoms with Gasteiger partial charge < -0.3 is 10.1 Å². The van der Waals surface area contributed by atoms with E-state index in [1.165, 1.54) is 6.33 Å². The Morgan fingerprint density at radius 3 is 2.94 bits per heavy atom. The van der Waals surface area contributed by atoms with Crippen LogP contribution in [0, 0.1) is 0 Å². The van der Waals surface area contributed by atoms with E-state index in [9.17, 15) is 9.59 Å². The highest BCUT2D eigenvalue weighted by molar-refractivity contribution is 6.32. The normalized spacial score (nSPS) is 11.7. The maximum atomic E-state index is 11.4. The molecule has 0 spiro atoms. The van der Waals surface area contributed by atoms with Gasteiger partial charge in [0.05, 0.1) is 12.2 Å². The Kier molecular flexibility index (Phi) is 4.84. The Morgan fingerprint density at radius 2 is 2.35 bits per heavy atom. The van der Waals surface area contributed by atoms with Gasteiger partial charge in [0.1, 0.15) is 23.3 Å². The van der Waals surface area contributed by atoms with E-state index in [2.05, 4.69) is 15.3 Å². The summed E-state index contributed by atoms with van der Waals surface area (Å²) < 4.78 is 4.81. The van der Waals surface area contributed by atoms with E-state index in [4.69, 9.17) is 16.3 Å². The molecule has 1 heterocycles. The molecule has 92 valence electrons. The van der Waals surface area contributed by atoms with Crippen molar-refractivity contribution >= 4 is 29.7 Å². The Hall–Kier alpha value is -1.69. The molecular weight excluding hydrogens is 246 g/mol. The van der Waals surface area contributed by atoms with Crippen molar-refractivity contribution in [1.29, 1.82) is 0 Å². The van der Waals surface area contributed by atoms with Gasteiger partial charge in [-0.05, 0) is 13.8 Å². The molecule has 1 N–H and O–H groups in total. The molecule has 1 aromatic heterocycles. The van der Waals surface area contributed by atoms with E-state index >= 15 is 0 Å². The standard InChI is InChI=1S/C10H12ClN3O3/c1-3-17-10(16)6(2)14-9-7(4-15)8(11)12-5-13-9/h4-6H,3H2,1-2H3,(H,12,13,14). The first kappa shape index (κ1) is 13.4. The van der Waals surface area contributed by atoms with Crippen molar-refractivity contribution in [2.45, 2.75) is 19.9 Å². The summed E-state index contributed by atoms with van der Waals surface area (Å²) in [5.74, 6) is -0.223. The second-order valence-corrected chi connectivity index (χ2v) is 3.52. The highest BCUT2D eigenvalue weighted by atomic mass is 35.5. The number of carbonyl (C=O) groups is 2. The number of hydrogen-bond donors (Lipinski definition) is 1. The highest BCUT2D eigenvalue weighted by Gasteiger charge is 2.17. The van der Waals surface area contributed by atoms with Crippen LogP contribution in [-0.4, -0.2) is 34.9 Å². The number of nitrogens with zero attached hydrogens (tertiary/aromatic N) is 2. The number of aldehydes is 1. The van der Waals surface area contributed by atoms with Crippen molar-refractivity contribution in [3.8, 4) is 0 Å². The van der Waals surface area contributed by atoms with E-state index in [-0.39, 0.29) is 23.1 Å². The molecule has 17 heavy (non-hydrogen) atoms. The van der Waals surface area contributed by atoms with Crippen molar-refractivity contribution in [3.05, 3.63) is 17.0 Å². The summed E-state index contributed by atoms with van der Waals surface area (Å²) in [7, 11) is 0. The van der Waals surface area contributed by atoms with Crippen LogP contribution in [0.4, 0.5) is 5.82 Å². The first-order valence-electron chi connectivity index (χ1n) is 4.99. The van der Waals surface area contributed by atoms with Gasteiger partial charge in [-0.2, -0.15) is 0 Å². The predicted molar refractivity (Wildman–Crippen MR) is 62.1 cm³/mol. The number of esters is 1. The lowest BCUT2D eigenvalue weighted by Crippen LogP contribution is -2.29. The predicted octanol–water partition coefficient (Wildman–Crippen LogP) is 1.31. The minimum atomic E-state index is -0.625. The van der Waals surface area contributed by atoms with Crippen LogP contribution in [0.2, 0.25) is 5.15 Å². The lowest BCUT2D eigenvalue weighted by Gasteiger charge is -2.14. The van der Waals surface area contributed by atoms with Crippen molar-refractivity contribution in [2.24, 2.45) is 0 Å². The van der Waals surface area contributed by atoms with Crippen LogP contribution in [0.3, 0.4) is 0 Å². The maximum absolute atomic E-state index is 11.4. The Balaban J connectivity index is 2.84. The fraction of sp³-hybridized carbons (Fsp3) is 0.400. The summed E-state index contributed by atoms with van der Waals surface area (Å²) in [6.07, 6.45) is 1.73. The van der Waals surface area contributed by atoms with Crippen LogP contribution in [0.5, 0.6) is 0 Å². The molecule has 0 aliphatic carbocycles. The zero-order valence-electron chi connectivity index (χ0n) is 9.44. The van der Waals surface area contributed by atoms with E-state index in [1.807, 2.05) is 0 Å². The lowest BCUT2D eigenvalue weighted by atomic mass is 10.3. The number of aromatic nitrogens is 2. The van der Waals surface area contributed by atoms with Gasteiger partial charge in [0.25, 0.3) is 0 Å². The zero-order chi connectivity index (χ0) is 12.8. The molecule has 1 unspecified atom stereocenters. The molecule has 0 amide bonds. The molecule has 0 saturated carbocycles. The maximum Gasteiger partial charge on any atom is 0.328 e. The van der Waals surface area contributed by atoms with Crippen LogP contribution >= 0.6 is 11.6 Å². The molecule has 1 atom stereocenters. The molecule has 0 aromatic carbocycles. The largest absolute Gasteiger partial charge is 0.464 e. The van der Waals surface area contributed by atoms with Gasteiger partial charge in [0.15, 0.2) is 6.29 Å². The molecule has 0 aliphatic rings. The van der Waals surface area contributed by atoms with Gasteiger partial charge in [0, 0.05) is 0 Å². The number of rotatable bonds is 5. The molecule has 1 rings (SSSR count). The van der Waals surface area contributed by atoms with Crippen LogP contribution in [0.15, 0.2) is 6.33 Å². The van der Waals surface area contributed by atoms with E-state index in [0.29, 0.717) is 6.29 Å².